The van der Waals surface area contributed by atoms with E-state index in [1.165, 1.54) is 12.1 Å². The molecule has 158 valence electrons. The van der Waals surface area contributed by atoms with E-state index in [4.69, 9.17) is 21.6 Å². The Balaban J connectivity index is 1.89. The molecular weight excluding hydrogens is 442 g/mol. The van der Waals surface area contributed by atoms with E-state index < -0.39 is 20.6 Å². The number of anilines is 1. The standard InChI is InChI=1S/C21H16ClN3O5S/c22-20-11-10-19(14-21(20)25(26)27)31(28,29)24(17-4-2-1-3-5-17)12-13-30-18-8-6-16(15-23)7-9-18/h1-11,14H,12-13H2. The molecule has 0 spiro atoms. The molecule has 0 atom stereocenters. The zero-order chi connectivity index (χ0) is 22.4. The maximum absolute atomic E-state index is 13.3. The van der Waals surface area contributed by atoms with Gasteiger partial charge in [0.2, 0.25) is 0 Å². The Morgan fingerprint density at radius 3 is 2.35 bits per heavy atom. The summed E-state index contributed by atoms with van der Waals surface area (Å²) in [5, 5.41) is 19.9. The molecule has 3 rings (SSSR count). The minimum atomic E-state index is -4.14. The molecule has 0 amide bonds. The number of benzene rings is 3. The van der Waals surface area contributed by atoms with Gasteiger partial charge in [0.15, 0.2) is 0 Å². The van der Waals surface area contributed by atoms with Crippen LogP contribution in [0.3, 0.4) is 0 Å². The summed E-state index contributed by atoms with van der Waals surface area (Å²) in [6.07, 6.45) is 0. The molecule has 0 heterocycles. The quantitative estimate of drug-likeness (QED) is 0.366. The second-order valence-corrected chi connectivity index (χ2v) is 8.54. The van der Waals surface area contributed by atoms with Crippen molar-refractivity contribution in [2.45, 2.75) is 4.90 Å². The van der Waals surface area contributed by atoms with E-state index in [9.17, 15) is 18.5 Å². The molecule has 8 nitrogen and oxygen atoms in total. The molecule has 0 unspecified atom stereocenters. The van der Waals surface area contributed by atoms with Crippen LogP contribution in [0.1, 0.15) is 5.56 Å². The smallest absolute Gasteiger partial charge is 0.289 e. The predicted octanol–water partition coefficient (Wildman–Crippen LogP) is 4.39. The first-order chi connectivity index (χ1) is 14.8. The number of para-hydroxylation sites is 1. The van der Waals surface area contributed by atoms with Crippen LogP contribution in [0.25, 0.3) is 0 Å². The first-order valence-electron chi connectivity index (χ1n) is 8.97. The van der Waals surface area contributed by atoms with Gasteiger partial charge in [-0.1, -0.05) is 29.8 Å². The molecule has 0 saturated carbocycles. The summed E-state index contributed by atoms with van der Waals surface area (Å²) in [5.41, 5.74) is 0.360. The monoisotopic (exact) mass is 457 g/mol. The highest BCUT2D eigenvalue weighted by Crippen LogP contribution is 2.30. The fraction of sp³-hybridized carbons (Fsp3) is 0.0952. The Morgan fingerprint density at radius 1 is 1.06 bits per heavy atom. The average Bonchev–Trinajstić information content (AvgIpc) is 2.77. The lowest BCUT2D eigenvalue weighted by molar-refractivity contribution is -0.384. The fourth-order valence-corrected chi connectivity index (χ4v) is 4.43. The van der Waals surface area contributed by atoms with Crippen molar-refractivity contribution in [2.24, 2.45) is 0 Å². The van der Waals surface area contributed by atoms with Crippen molar-refractivity contribution >= 4 is 33.0 Å². The number of nitro groups is 1. The highest BCUT2D eigenvalue weighted by Gasteiger charge is 2.27. The van der Waals surface area contributed by atoms with Gasteiger partial charge < -0.3 is 4.74 Å². The van der Waals surface area contributed by atoms with Gasteiger partial charge in [0.1, 0.15) is 17.4 Å². The van der Waals surface area contributed by atoms with Gasteiger partial charge in [-0.25, -0.2) is 8.42 Å². The predicted molar refractivity (Wildman–Crippen MR) is 116 cm³/mol. The van der Waals surface area contributed by atoms with Crippen LogP contribution >= 0.6 is 11.6 Å². The molecular formula is C21H16ClN3O5S. The summed E-state index contributed by atoms with van der Waals surface area (Å²) in [6.45, 7) is -0.0432. The van der Waals surface area contributed by atoms with Crippen LogP contribution in [-0.4, -0.2) is 26.5 Å². The molecule has 10 heteroatoms. The number of nitro benzene ring substituents is 1. The second-order valence-electron chi connectivity index (χ2n) is 6.27. The van der Waals surface area contributed by atoms with Gasteiger partial charge in [-0.15, -0.1) is 0 Å². The summed E-state index contributed by atoms with van der Waals surface area (Å²) in [4.78, 5) is 10.2. The van der Waals surface area contributed by atoms with Gasteiger partial charge in [-0.05, 0) is 48.5 Å². The van der Waals surface area contributed by atoms with E-state index in [1.807, 2.05) is 6.07 Å². The summed E-state index contributed by atoms with van der Waals surface area (Å²) in [6, 6.07) is 20.1. The highest BCUT2D eigenvalue weighted by atomic mass is 35.5. The summed E-state index contributed by atoms with van der Waals surface area (Å²) < 4.78 is 33.4. The summed E-state index contributed by atoms with van der Waals surface area (Å²) >= 11 is 5.82. The number of sulfonamides is 1. The Hall–Kier alpha value is -3.61. The summed E-state index contributed by atoms with van der Waals surface area (Å²) in [7, 11) is -4.14. The molecule has 0 radical (unpaired) electrons. The SMILES string of the molecule is N#Cc1ccc(OCCN(c2ccccc2)S(=O)(=O)c2ccc(Cl)c([N+](=O)[O-])c2)cc1. The van der Waals surface area contributed by atoms with E-state index in [-0.39, 0.29) is 23.1 Å². The van der Waals surface area contributed by atoms with Crippen LogP contribution in [0.15, 0.2) is 77.7 Å². The molecule has 0 bridgehead atoms. The molecule has 0 fully saturated rings. The van der Waals surface area contributed by atoms with Crippen molar-refractivity contribution in [2.75, 3.05) is 17.5 Å². The Bertz CT molecular complexity index is 1230. The normalized spacial score (nSPS) is 10.8. The van der Waals surface area contributed by atoms with Crippen molar-refractivity contribution < 1.29 is 18.1 Å². The number of halogens is 1. The largest absolute Gasteiger partial charge is 0.492 e. The molecule has 0 aromatic heterocycles. The van der Waals surface area contributed by atoms with Crippen LogP contribution in [-0.2, 0) is 10.0 Å². The van der Waals surface area contributed by atoms with Crippen LogP contribution in [0.5, 0.6) is 5.75 Å². The van der Waals surface area contributed by atoms with Gasteiger partial charge in [0.05, 0.1) is 33.7 Å². The lowest BCUT2D eigenvalue weighted by Gasteiger charge is -2.24. The van der Waals surface area contributed by atoms with Crippen molar-refractivity contribution in [3.63, 3.8) is 0 Å². The van der Waals surface area contributed by atoms with E-state index in [1.54, 1.807) is 54.6 Å². The summed E-state index contributed by atoms with van der Waals surface area (Å²) in [5.74, 6) is 0.478. The molecule has 31 heavy (non-hydrogen) atoms. The molecule has 0 aliphatic carbocycles. The third-order valence-electron chi connectivity index (χ3n) is 4.29. The molecule has 3 aromatic carbocycles. The topological polar surface area (TPSA) is 114 Å². The average molecular weight is 458 g/mol. The minimum Gasteiger partial charge on any atom is -0.492 e. The molecule has 0 saturated heterocycles. The number of hydrogen-bond acceptors (Lipinski definition) is 6. The Kier molecular flexibility index (Phi) is 6.74. The highest BCUT2D eigenvalue weighted by molar-refractivity contribution is 7.92. The number of nitriles is 1. The number of ether oxygens (including phenoxy) is 1. The zero-order valence-electron chi connectivity index (χ0n) is 16.0. The van der Waals surface area contributed by atoms with Gasteiger partial charge in [0, 0.05) is 6.07 Å². The first kappa shape index (κ1) is 22.1. The van der Waals surface area contributed by atoms with Crippen molar-refractivity contribution in [3.8, 4) is 11.8 Å². The molecule has 0 N–H and O–H groups in total. The number of rotatable bonds is 8. The van der Waals surface area contributed by atoms with Gasteiger partial charge in [-0.3, -0.25) is 14.4 Å². The third-order valence-corrected chi connectivity index (χ3v) is 6.44. The van der Waals surface area contributed by atoms with Crippen LogP contribution < -0.4 is 9.04 Å². The van der Waals surface area contributed by atoms with E-state index >= 15 is 0 Å². The maximum Gasteiger partial charge on any atom is 0.289 e. The Morgan fingerprint density at radius 2 is 1.74 bits per heavy atom. The van der Waals surface area contributed by atoms with Crippen LogP contribution in [0.2, 0.25) is 5.02 Å². The zero-order valence-corrected chi connectivity index (χ0v) is 17.6. The lowest BCUT2D eigenvalue weighted by atomic mass is 10.2. The van der Waals surface area contributed by atoms with Crippen molar-refractivity contribution in [1.29, 1.82) is 5.26 Å². The van der Waals surface area contributed by atoms with Crippen LogP contribution in [0, 0.1) is 21.4 Å². The van der Waals surface area contributed by atoms with E-state index in [0.717, 1.165) is 10.4 Å². The lowest BCUT2D eigenvalue weighted by Crippen LogP contribution is -2.34. The number of hydrogen-bond donors (Lipinski definition) is 0. The van der Waals surface area contributed by atoms with E-state index in [2.05, 4.69) is 0 Å². The fourth-order valence-electron chi connectivity index (χ4n) is 2.77. The second kappa shape index (κ2) is 9.47. The molecule has 3 aromatic rings. The molecule has 0 aliphatic rings. The van der Waals surface area contributed by atoms with Crippen molar-refractivity contribution in [3.05, 3.63) is 93.5 Å². The van der Waals surface area contributed by atoms with Gasteiger partial charge in [0.25, 0.3) is 15.7 Å². The first-order valence-corrected chi connectivity index (χ1v) is 10.8. The number of nitrogens with zero attached hydrogens (tertiary/aromatic N) is 3. The maximum atomic E-state index is 13.3. The van der Waals surface area contributed by atoms with E-state index in [0.29, 0.717) is 17.0 Å². The molecule has 0 aliphatic heterocycles. The van der Waals surface area contributed by atoms with Gasteiger partial charge in [-0.2, -0.15) is 5.26 Å². The van der Waals surface area contributed by atoms with Gasteiger partial charge >= 0.3 is 0 Å². The van der Waals surface area contributed by atoms with Crippen molar-refractivity contribution in [1.82, 2.24) is 0 Å². The third kappa shape index (κ3) is 5.12. The van der Waals surface area contributed by atoms with Crippen LogP contribution in [0.4, 0.5) is 11.4 Å². The Labute approximate surface area is 184 Å². The minimum absolute atomic E-state index is 0.00963.